The van der Waals surface area contributed by atoms with Crippen LogP contribution in [0.15, 0.2) is 35.2 Å². The van der Waals surface area contributed by atoms with Crippen molar-refractivity contribution in [3.8, 4) is 0 Å². The van der Waals surface area contributed by atoms with Gasteiger partial charge in [0.25, 0.3) is 0 Å². The van der Waals surface area contributed by atoms with Crippen molar-refractivity contribution in [1.29, 1.82) is 0 Å². The molecule has 1 fully saturated rings. The summed E-state index contributed by atoms with van der Waals surface area (Å²) < 4.78 is 26.6. The number of hydrogen-bond donors (Lipinski definition) is 1. The fraction of sp³-hybridized carbons (Fsp3) is 0.357. The summed E-state index contributed by atoms with van der Waals surface area (Å²) in [5, 5.41) is 10.8. The molecule has 1 aliphatic rings. The molecule has 1 N–H and O–H groups in total. The molecule has 0 radical (unpaired) electrons. The lowest BCUT2D eigenvalue weighted by molar-refractivity contribution is 0.108. The van der Waals surface area contributed by atoms with Gasteiger partial charge in [-0.2, -0.15) is 4.31 Å². The number of rotatable bonds is 2. The summed E-state index contributed by atoms with van der Waals surface area (Å²) in [6.07, 6.45) is 0.728. The number of fused-ring (bicyclic) bond motifs is 1. The lowest BCUT2D eigenvalue weighted by Crippen LogP contribution is -2.42. The molecular weight excluding hydrogens is 312 g/mol. The number of aliphatic hydroxyl groups is 1. The number of nitrogens with zero attached hydrogens (tertiary/aromatic N) is 2. The third kappa shape index (κ3) is 2.89. The number of benzene rings is 1. The normalized spacial score (nSPS) is 20.8. The highest BCUT2D eigenvalue weighted by Gasteiger charge is 2.29. The van der Waals surface area contributed by atoms with E-state index in [1.165, 1.54) is 10.4 Å². The number of β-amino-alcohol motifs (C(OH)–C–C–N with tert-alkyl or cyclic N) is 1. The molecule has 1 atom stereocenters. The molecule has 0 amide bonds. The molecule has 1 aromatic heterocycles. The van der Waals surface area contributed by atoms with Crippen molar-refractivity contribution in [2.45, 2.75) is 23.8 Å². The van der Waals surface area contributed by atoms with Gasteiger partial charge >= 0.3 is 0 Å². The van der Waals surface area contributed by atoms with Crippen molar-refractivity contribution in [2.75, 3.05) is 13.1 Å². The summed E-state index contributed by atoms with van der Waals surface area (Å²) in [6.45, 7) is 0.593. The fourth-order valence-electron chi connectivity index (χ4n) is 2.53. The number of aliphatic hydroxyl groups excluding tert-OH is 1. The van der Waals surface area contributed by atoms with Gasteiger partial charge in [0.15, 0.2) is 0 Å². The van der Waals surface area contributed by atoms with E-state index in [1.54, 1.807) is 24.3 Å². The standard InChI is InChI=1S/C14H15ClN2O3S/c15-14-6-3-10-8-12(4-5-13(10)16-14)21(19,20)17-7-1-2-11(18)9-17/h3-6,8,11,18H,1-2,7,9H2. The van der Waals surface area contributed by atoms with Crippen LogP contribution in [-0.2, 0) is 10.0 Å². The van der Waals surface area contributed by atoms with E-state index in [2.05, 4.69) is 4.98 Å². The van der Waals surface area contributed by atoms with Gasteiger partial charge in [-0.3, -0.25) is 0 Å². The first-order chi connectivity index (χ1) is 9.96. The molecule has 1 aromatic carbocycles. The summed E-state index contributed by atoms with van der Waals surface area (Å²) in [4.78, 5) is 4.36. The van der Waals surface area contributed by atoms with E-state index >= 15 is 0 Å². The molecule has 2 aromatic rings. The summed E-state index contributed by atoms with van der Waals surface area (Å²) in [7, 11) is -3.58. The van der Waals surface area contributed by atoms with Crippen LogP contribution in [0.25, 0.3) is 10.9 Å². The van der Waals surface area contributed by atoms with Crippen molar-refractivity contribution in [3.63, 3.8) is 0 Å². The molecule has 1 unspecified atom stereocenters. The first kappa shape index (κ1) is 14.7. The van der Waals surface area contributed by atoms with Crippen LogP contribution in [0, 0.1) is 0 Å². The van der Waals surface area contributed by atoms with Gasteiger partial charge in [0, 0.05) is 18.5 Å². The number of piperidine rings is 1. The molecule has 1 saturated heterocycles. The number of halogens is 1. The molecule has 112 valence electrons. The Bertz CT molecular complexity index is 779. The van der Waals surface area contributed by atoms with Crippen LogP contribution in [0.4, 0.5) is 0 Å². The highest BCUT2D eigenvalue weighted by atomic mass is 35.5. The zero-order valence-electron chi connectivity index (χ0n) is 11.2. The highest BCUT2D eigenvalue weighted by Crippen LogP contribution is 2.24. The van der Waals surface area contributed by atoms with Gasteiger partial charge in [-0.05, 0) is 43.2 Å². The van der Waals surface area contributed by atoms with E-state index in [0.717, 1.165) is 5.39 Å². The van der Waals surface area contributed by atoms with E-state index in [4.69, 9.17) is 11.6 Å². The van der Waals surface area contributed by atoms with E-state index in [0.29, 0.717) is 30.1 Å². The van der Waals surface area contributed by atoms with E-state index < -0.39 is 16.1 Å². The summed E-state index contributed by atoms with van der Waals surface area (Å²) in [6, 6.07) is 8.14. The molecule has 0 spiro atoms. The Morgan fingerprint density at radius 2 is 2.10 bits per heavy atom. The maximum Gasteiger partial charge on any atom is 0.243 e. The van der Waals surface area contributed by atoms with Crippen LogP contribution in [0.5, 0.6) is 0 Å². The Labute approximate surface area is 128 Å². The van der Waals surface area contributed by atoms with Crippen LogP contribution < -0.4 is 0 Å². The predicted molar refractivity (Wildman–Crippen MR) is 80.8 cm³/mol. The van der Waals surface area contributed by atoms with Gasteiger partial charge in [0.1, 0.15) is 5.15 Å². The van der Waals surface area contributed by atoms with Crippen LogP contribution in [0.1, 0.15) is 12.8 Å². The second kappa shape index (κ2) is 5.53. The average molecular weight is 327 g/mol. The molecule has 21 heavy (non-hydrogen) atoms. The third-order valence-electron chi connectivity index (χ3n) is 3.62. The second-order valence-electron chi connectivity index (χ2n) is 5.15. The lowest BCUT2D eigenvalue weighted by Gasteiger charge is -2.29. The molecule has 7 heteroatoms. The van der Waals surface area contributed by atoms with Gasteiger partial charge < -0.3 is 5.11 Å². The van der Waals surface area contributed by atoms with Crippen LogP contribution in [-0.4, -0.2) is 42.0 Å². The maximum absolute atomic E-state index is 12.6. The van der Waals surface area contributed by atoms with Crippen molar-refractivity contribution in [2.24, 2.45) is 0 Å². The largest absolute Gasteiger partial charge is 0.392 e. The second-order valence-corrected chi connectivity index (χ2v) is 7.47. The summed E-state index contributed by atoms with van der Waals surface area (Å²) in [5.74, 6) is 0. The summed E-state index contributed by atoms with van der Waals surface area (Å²) >= 11 is 5.82. The van der Waals surface area contributed by atoms with Crippen LogP contribution in [0.3, 0.4) is 0 Å². The summed E-state index contributed by atoms with van der Waals surface area (Å²) in [5.41, 5.74) is 0.653. The monoisotopic (exact) mass is 326 g/mol. The first-order valence-electron chi connectivity index (χ1n) is 6.71. The topological polar surface area (TPSA) is 70.5 Å². The average Bonchev–Trinajstić information content (AvgIpc) is 2.46. The van der Waals surface area contributed by atoms with Gasteiger partial charge in [-0.15, -0.1) is 0 Å². The van der Waals surface area contributed by atoms with Crippen molar-refractivity contribution < 1.29 is 13.5 Å². The molecule has 1 aliphatic heterocycles. The third-order valence-corrected chi connectivity index (χ3v) is 5.70. The van der Waals surface area contributed by atoms with Crippen molar-refractivity contribution in [1.82, 2.24) is 9.29 Å². The Balaban J connectivity index is 2.00. The Hall–Kier alpha value is -1.21. The Kier molecular flexibility index (Phi) is 3.88. The van der Waals surface area contributed by atoms with E-state index in [1.807, 2.05) is 0 Å². The Morgan fingerprint density at radius 1 is 1.29 bits per heavy atom. The van der Waals surface area contributed by atoms with Crippen LogP contribution in [0.2, 0.25) is 5.15 Å². The number of aromatic nitrogens is 1. The van der Waals surface area contributed by atoms with Crippen LogP contribution >= 0.6 is 11.6 Å². The van der Waals surface area contributed by atoms with E-state index in [-0.39, 0.29) is 11.4 Å². The minimum absolute atomic E-state index is 0.152. The highest BCUT2D eigenvalue weighted by molar-refractivity contribution is 7.89. The molecule has 0 bridgehead atoms. The van der Waals surface area contributed by atoms with Gasteiger partial charge in [-0.1, -0.05) is 11.6 Å². The molecule has 0 aliphatic carbocycles. The zero-order chi connectivity index (χ0) is 15.0. The minimum atomic E-state index is -3.58. The van der Waals surface area contributed by atoms with Crippen molar-refractivity contribution in [3.05, 3.63) is 35.5 Å². The SMILES string of the molecule is O=S(=O)(c1ccc2nc(Cl)ccc2c1)N1CCCC(O)C1. The molecule has 5 nitrogen and oxygen atoms in total. The maximum atomic E-state index is 12.6. The molecule has 2 heterocycles. The fourth-order valence-corrected chi connectivity index (χ4v) is 4.23. The van der Waals surface area contributed by atoms with E-state index in [9.17, 15) is 13.5 Å². The minimum Gasteiger partial charge on any atom is -0.392 e. The zero-order valence-corrected chi connectivity index (χ0v) is 12.8. The number of sulfonamides is 1. The number of hydrogen-bond acceptors (Lipinski definition) is 4. The van der Waals surface area contributed by atoms with Gasteiger partial charge in [0.2, 0.25) is 10.0 Å². The first-order valence-corrected chi connectivity index (χ1v) is 8.53. The molecular formula is C14H15ClN2O3S. The molecule has 3 rings (SSSR count). The van der Waals surface area contributed by atoms with Gasteiger partial charge in [-0.25, -0.2) is 13.4 Å². The van der Waals surface area contributed by atoms with Gasteiger partial charge in [0.05, 0.1) is 16.5 Å². The lowest BCUT2D eigenvalue weighted by atomic mass is 10.1. The van der Waals surface area contributed by atoms with Crippen molar-refractivity contribution >= 4 is 32.5 Å². The Morgan fingerprint density at radius 3 is 2.86 bits per heavy atom. The predicted octanol–water partition coefficient (Wildman–Crippen LogP) is 2.03. The number of pyridine rings is 1. The smallest absolute Gasteiger partial charge is 0.243 e. The quantitative estimate of drug-likeness (QED) is 0.857. The molecule has 0 saturated carbocycles.